The van der Waals surface area contributed by atoms with Crippen LogP contribution in [0.25, 0.3) is 0 Å². The van der Waals surface area contributed by atoms with Crippen LogP contribution >= 0.6 is 11.6 Å². The topological polar surface area (TPSA) is 21.3 Å². The summed E-state index contributed by atoms with van der Waals surface area (Å²) in [6, 6.07) is 5.88. The smallest absolute Gasteiger partial charge is 0.138 e. The van der Waals surface area contributed by atoms with Crippen LogP contribution in [-0.4, -0.2) is 13.2 Å². The predicted octanol–water partition coefficient (Wildman–Crippen LogP) is 3.40. The van der Waals surface area contributed by atoms with Crippen molar-refractivity contribution in [3.05, 3.63) is 40.9 Å². The lowest BCUT2D eigenvalue weighted by molar-refractivity contribution is 0.363. The van der Waals surface area contributed by atoms with E-state index in [-0.39, 0.29) is 0 Å². The number of allylic oxidation sites excluding steroid dienone is 1. The zero-order chi connectivity index (χ0) is 11.8. The molecule has 16 heavy (non-hydrogen) atoms. The van der Waals surface area contributed by atoms with Gasteiger partial charge in [-0.3, -0.25) is 0 Å². The average Bonchev–Trinajstić information content (AvgIpc) is 2.29. The minimum absolute atomic E-state index is 0.558. The first kappa shape index (κ1) is 13.1. The van der Waals surface area contributed by atoms with E-state index in [0.717, 1.165) is 18.8 Å². The Morgan fingerprint density at radius 3 is 2.88 bits per heavy atom. The van der Waals surface area contributed by atoms with Crippen LogP contribution in [0.5, 0.6) is 5.75 Å². The Kier molecular flexibility index (Phi) is 5.98. The number of hydrogen-bond acceptors (Lipinski definition) is 2. The minimum atomic E-state index is 0.558. The largest absolute Gasteiger partial charge is 0.488 e. The SMILES string of the molecule is CC=CCOc1ccc(CNCC)cc1Cl. The molecule has 0 unspecified atom stereocenters. The molecule has 0 heterocycles. The zero-order valence-electron chi connectivity index (χ0n) is 9.79. The highest BCUT2D eigenvalue weighted by Crippen LogP contribution is 2.25. The summed E-state index contributed by atoms with van der Waals surface area (Å²) < 4.78 is 5.50. The Labute approximate surface area is 102 Å². The third kappa shape index (κ3) is 4.25. The summed E-state index contributed by atoms with van der Waals surface area (Å²) >= 11 is 6.11. The van der Waals surface area contributed by atoms with E-state index in [0.29, 0.717) is 11.6 Å². The first-order chi connectivity index (χ1) is 7.77. The second kappa shape index (κ2) is 7.31. The third-order valence-electron chi connectivity index (χ3n) is 2.15. The summed E-state index contributed by atoms with van der Waals surface area (Å²) in [5.41, 5.74) is 1.17. The summed E-state index contributed by atoms with van der Waals surface area (Å²) in [5, 5.41) is 3.92. The van der Waals surface area contributed by atoms with E-state index in [2.05, 4.69) is 12.2 Å². The van der Waals surface area contributed by atoms with Crippen LogP contribution < -0.4 is 10.1 Å². The van der Waals surface area contributed by atoms with Crippen molar-refractivity contribution in [1.82, 2.24) is 5.32 Å². The number of nitrogens with one attached hydrogen (secondary N) is 1. The second-order valence-corrected chi connectivity index (χ2v) is 3.83. The first-order valence-electron chi connectivity index (χ1n) is 5.51. The van der Waals surface area contributed by atoms with Crippen LogP contribution in [0.3, 0.4) is 0 Å². The van der Waals surface area contributed by atoms with Crippen LogP contribution in [0.1, 0.15) is 19.4 Å². The zero-order valence-corrected chi connectivity index (χ0v) is 10.6. The highest BCUT2D eigenvalue weighted by Gasteiger charge is 2.01. The average molecular weight is 240 g/mol. The molecule has 0 bridgehead atoms. The fraction of sp³-hybridized carbons (Fsp3) is 0.385. The van der Waals surface area contributed by atoms with Crippen molar-refractivity contribution in [3.8, 4) is 5.75 Å². The Hall–Kier alpha value is -0.990. The first-order valence-corrected chi connectivity index (χ1v) is 5.88. The van der Waals surface area contributed by atoms with Crippen molar-refractivity contribution in [3.63, 3.8) is 0 Å². The molecule has 0 saturated heterocycles. The molecule has 1 rings (SSSR count). The highest BCUT2D eigenvalue weighted by molar-refractivity contribution is 6.32. The molecule has 1 aromatic rings. The van der Waals surface area contributed by atoms with Gasteiger partial charge in [-0.1, -0.05) is 36.7 Å². The molecule has 0 amide bonds. The van der Waals surface area contributed by atoms with E-state index in [4.69, 9.17) is 16.3 Å². The van der Waals surface area contributed by atoms with Gasteiger partial charge in [0, 0.05) is 6.54 Å². The van der Waals surface area contributed by atoms with Gasteiger partial charge in [0.2, 0.25) is 0 Å². The summed E-state index contributed by atoms with van der Waals surface area (Å²) in [6.45, 7) is 6.39. The van der Waals surface area contributed by atoms with E-state index in [1.165, 1.54) is 5.56 Å². The van der Waals surface area contributed by atoms with Gasteiger partial charge in [0.05, 0.1) is 5.02 Å². The maximum absolute atomic E-state index is 6.11. The Bertz CT molecular complexity index is 350. The van der Waals surface area contributed by atoms with Crippen molar-refractivity contribution < 1.29 is 4.74 Å². The van der Waals surface area contributed by atoms with E-state index in [1.807, 2.05) is 37.3 Å². The lowest BCUT2D eigenvalue weighted by Crippen LogP contribution is -2.11. The fourth-order valence-corrected chi connectivity index (χ4v) is 1.53. The fourth-order valence-electron chi connectivity index (χ4n) is 1.27. The van der Waals surface area contributed by atoms with Gasteiger partial charge < -0.3 is 10.1 Å². The Morgan fingerprint density at radius 2 is 2.25 bits per heavy atom. The molecule has 0 aliphatic heterocycles. The molecule has 3 heteroatoms. The maximum atomic E-state index is 6.11. The maximum Gasteiger partial charge on any atom is 0.138 e. The lowest BCUT2D eigenvalue weighted by atomic mass is 10.2. The lowest BCUT2D eigenvalue weighted by Gasteiger charge is -2.08. The second-order valence-electron chi connectivity index (χ2n) is 3.43. The molecule has 0 saturated carbocycles. The molecular weight excluding hydrogens is 222 g/mol. The normalized spacial score (nSPS) is 10.9. The molecular formula is C13H18ClNO. The number of ether oxygens (including phenoxy) is 1. The molecule has 0 aliphatic carbocycles. The summed E-state index contributed by atoms with van der Waals surface area (Å²) in [5.74, 6) is 0.736. The molecule has 1 aromatic carbocycles. The van der Waals surface area contributed by atoms with Crippen molar-refractivity contribution in [2.45, 2.75) is 20.4 Å². The van der Waals surface area contributed by atoms with Gasteiger partial charge >= 0.3 is 0 Å². The Balaban J connectivity index is 2.60. The van der Waals surface area contributed by atoms with Gasteiger partial charge in [0.15, 0.2) is 0 Å². The van der Waals surface area contributed by atoms with Crippen LogP contribution in [0, 0.1) is 0 Å². The van der Waals surface area contributed by atoms with E-state index < -0.39 is 0 Å². The molecule has 0 aromatic heterocycles. The molecule has 0 spiro atoms. The number of benzene rings is 1. The van der Waals surface area contributed by atoms with Crippen LogP contribution in [-0.2, 0) is 6.54 Å². The molecule has 0 aliphatic rings. The summed E-state index contributed by atoms with van der Waals surface area (Å²) in [4.78, 5) is 0. The van der Waals surface area contributed by atoms with Crippen molar-refractivity contribution in [1.29, 1.82) is 0 Å². The highest BCUT2D eigenvalue weighted by atomic mass is 35.5. The van der Waals surface area contributed by atoms with Gasteiger partial charge in [-0.2, -0.15) is 0 Å². The summed E-state index contributed by atoms with van der Waals surface area (Å²) in [6.07, 6.45) is 3.90. The standard InChI is InChI=1S/C13H18ClNO/c1-3-5-8-16-13-7-6-11(9-12(13)14)10-15-4-2/h3,5-7,9,15H,4,8,10H2,1-2H3. The van der Waals surface area contributed by atoms with Crippen molar-refractivity contribution in [2.75, 3.05) is 13.2 Å². The quantitative estimate of drug-likeness (QED) is 0.769. The van der Waals surface area contributed by atoms with Crippen molar-refractivity contribution in [2.24, 2.45) is 0 Å². The molecule has 0 fully saturated rings. The summed E-state index contributed by atoms with van der Waals surface area (Å²) in [7, 11) is 0. The van der Waals surface area contributed by atoms with Crippen LogP contribution in [0.15, 0.2) is 30.4 Å². The predicted molar refractivity (Wildman–Crippen MR) is 69.1 cm³/mol. The molecule has 88 valence electrons. The van der Waals surface area contributed by atoms with Gasteiger partial charge in [-0.05, 0) is 31.2 Å². The molecule has 2 nitrogen and oxygen atoms in total. The van der Waals surface area contributed by atoms with Gasteiger partial charge in [-0.15, -0.1) is 0 Å². The van der Waals surface area contributed by atoms with E-state index in [1.54, 1.807) is 0 Å². The van der Waals surface area contributed by atoms with E-state index >= 15 is 0 Å². The number of halogens is 1. The van der Waals surface area contributed by atoms with Gasteiger partial charge in [0.1, 0.15) is 12.4 Å². The number of hydrogen-bond donors (Lipinski definition) is 1. The van der Waals surface area contributed by atoms with Gasteiger partial charge in [0.25, 0.3) is 0 Å². The Morgan fingerprint density at radius 1 is 1.44 bits per heavy atom. The minimum Gasteiger partial charge on any atom is -0.488 e. The molecule has 0 radical (unpaired) electrons. The number of rotatable bonds is 6. The van der Waals surface area contributed by atoms with Gasteiger partial charge in [-0.25, -0.2) is 0 Å². The monoisotopic (exact) mass is 239 g/mol. The van der Waals surface area contributed by atoms with E-state index in [9.17, 15) is 0 Å². The molecule has 0 atom stereocenters. The van der Waals surface area contributed by atoms with Crippen LogP contribution in [0.2, 0.25) is 5.02 Å². The third-order valence-corrected chi connectivity index (χ3v) is 2.44. The van der Waals surface area contributed by atoms with Crippen molar-refractivity contribution >= 4 is 11.6 Å². The molecule has 1 N–H and O–H groups in total. The van der Waals surface area contributed by atoms with Crippen LogP contribution in [0.4, 0.5) is 0 Å².